The molecule has 198 valence electrons. The molecule has 1 N–H and O–H groups in total. The van der Waals surface area contributed by atoms with Crippen LogP contribution in [0.1, 0.15) is 43.2 Å². The van der Waals surface area contributed by atoms with Gasteiger partial charge in [-0.2, -0.15) is 0 Å². The van der Waals surface area contributed by atoms with E-state index in [1.807, 2.05) is 77.7 Å². The Kier molecular flexibility index (Phi) is 8.39. The average molecular weight is 512 g/mol. The van der Waals surface area contributed by atoms with Gasteiger partial charge in [-0.3, -0.25) is 9.59 Å². The quantitative estimate of drug-likeness (QED) is 0.438. The van der Waals surface area contributed by atoms with Gasteiger partial charge >= 0.3 is 0 Å². The van der Waals surface area contributed by atoms with E-state index >= 15 is 0 Å². The number of benzene rings is 3. The Morgan fingerprint density at radius 3 is 2.03 bits per heavy atom. The molecule has 2 amide bonds. The zero-order chi connectivity index (χ0) is 26.2. The Morgan fingerprint density at radius 2 is 1.39 bits per heavy atom. The number of nitrogens with one attached hydrogen (secondary N) is 1. The van der Waals surface area contributed by atoms with Gasteiger partial charge < -0.3 is 19.9 Å². The lowest BCUT2D eigenvalue weighted by atomic mass is 9.78. The minimum absolute atomic E-state index is 0.0141. The van der Waals surface area contributed by atoms with E-state index in [2.05, 4.69) is 22.3 Å². The molecule has 6 heteroatoms. The van der Waals surface area contributed by atoms with Gasteiger partial charge in [0.15, 0.2) is 0 Å². The molecular formula is C32H37N3O3. The third kappa shape index (κ3) is 6.08. The number of ether oxygens (including phenoxy) is 1. The predicted octanol–water partition coefficient (Wildman–Crippen LogP) is 5.44. The topological polar surface area (TPSA) is 61.9 Å². The minimum Gasteiger partial charge on any atom is -0.378 e. The summed E-state index contributed by atoms with van der Waals surface area (Å²) in [5.41, 5.74) is 2.99. The Labute approximate surface area is 225 Å². The third-order valence-corrected chi connectivity index (χ3v) is 7.80. The van der Waals surface area contributed by atoms with Crippen LogP contribution in [0, 0.1) is 0 Å². The summed E-state index contributed by atoms with van der Waals surface area (Å²) in [5, 5.41) is 3.19. The Bertz CT molecular complexity index is 1190. The maximum Gasteiger partial charge on any atom is 0.250 e. The summed E-state index contributed by atoms with van der Waals surface area (Å²) in [4.78, 5) is 32.2. The number of morpholine rings is 1. The molecule has 2 aliphatic rings. The van der Waals surface area contributed by atoms with Gasteiger partial charge in [-0.05, 0) is 48.2 Å². The molecule has 1 saturated carbocycles. The molecule has 0 spiro atoms. The van der Waals surface area contributed by atoms with E-state index in [9.17, 15) is 9.59 Å². The lowest BCUT2D eigenvalue weighted by Crippen LogP contribution is -2.60. The van der Waals surface area contributed by atoms with E-state index in [4.69, 9.17) is 4.74 Å². The molecular weight excluding hydrogens is 474 g/mol. The van der Waals surface area contributed by atoms with Crippen molar-refractivity contribution in [1.82, 2.24) is 4.90 Å². The average Bonchev–Trinajstić information content (AvgIpc) is 2.98. The van der Waals surface area contributed by atoms with Crippen molar-refractivity contribution in [3.8, 4) is 0 Å². The highest BCUT2D eigenvalue weighted by Crippen LogP contribution is 2.37. The molecule has 0 radical (unpaired) electrons. The number of nitrogens with zero attached hydrogens (tertiary/aromatic N) is 2. The lowest BCUT2D eigenvalue weighted by molar-refractivity contribution is -0.148. The van der Waals surface area contributed by atoms with Crippen molar-refractivity contribution in [2.24, 2.45) is 0 Å². The van der Waals surface area contributed by atoms with E-state index < -0.39 is 5.54 Å². The van der Waals surface area contributed by atoms with Gasteiger partial charge in [0.25, 0.3) is 0 Å². The van der Waals surface area contributed by atoms with Crippen LogP contribution in [0.25, 0.3) is 0 Å². The van der Waals surface area contributed by atoms with E-state index in [0.717, 1.165) is 68.1 Å². The number of rotatable bonds is 8. The zero-order valence-corrected chi connectivity index (χ0v) is 22.0. The summed E-state index contributed by atoms with van der Waals surface area (Å²) in [6, 6.07) is 27.8. The van der Waals surface area contributed by atoms with Crippen LogP contribution in [0.2, 0.25) is 0 Å². The van der Waals surface area contributed by atoms with Gasteiger partial charge in [0.05, 0.1) is 19.6 Å². The van der Waals surface area contributed by atoms with Gasteiger partial charge in [0, 0.05) is 31.0 Å². The molecule has 0 unspecified atom stereocenters. The Hall–Kier alpha value is -3.64. The molecule has 1 heterocycles. The number of hydrogen-bond donors (Lipinski definition) is 1. The van der Waals surface area contributed by atoms with Crippen LogP contribution < -0.4 is 10.2 Å². The molecule has 1 aliphatic heterocycles. The van der Waals surface area contributed by atoms with Crippen LogP contribution in [0.5, 0.6) is 0 Å². The number of amides is 2. The molecule has 2 fully saturated rings. The molecule has 0 bridgehead atoms. The highest BCUT2D eigenvalue weighted by atomic mass is 16.5. The second-order valence-electron chi connectivity index (χ2n) is 10.3. The van der Waals surface area contributed by atoms with Gasteiger partial charge in [0.2, 0.25) is 11.8 Å². The lowest BCUT2D eigenvalue weighted by Gasteiger charge is -2.45. The minimum atomic E-state index is -0.886. The molecule has 0 atom stereocenters. The second kappa shape index (κ2) is 12.3. The fourth-order valence-electron chi connectivity index (χ4n) is 5.69. The summed E-state index contributed by atoms with van der Waals surface area (Å²) in [7, 11) is 0. The van der Waals surface area contributed by atoms with Crippen molar-refractivity contribution in [2.75, 3.05) is 36.5 Å². The molecule has 3 aromatic carbocycles. The van der Waals surface area contributed by atoms with Crippen molar-refractivity contribution in [2.45, 2.75) is 50.6 Å². The monoisotopic (exact) mass is 511 g/mol. The summed E-state index contributed by atoms with van der Waals surface area (Å²) in [6.45, 7) is 3.61. The SMILES string of the molecule is O=C(Cc1ccccc1)N(Cc1ccccc1)C1(C(=O)Nc2ccc(N3CCOCC3)cc2)CCCCC1. The molecule has 6 nitrogen and oxygen atoms in total. The van der Waals surface area contributed by atoms with E-state index in [1.165, 1.54) is 0 Å². The highest BCUT2D eigenvalue weighted by molar-refractivity contribution is 6.01. The van der Waals surface area contributed by atoms with Crippen LogP contribution >= 0.6 is 0 Å². The maximum atomic E-state index is 14.1. The van der Waals surface area contributed by atoms with Gasteiger partial charge in [-0.1, -0.05) is 79.9 Å². The molecule has 5 rings (SSSR count). The van der Waals surface area contributed by atoms with Crippen LogP contribution in [-0.2, 0) is 27.3 Å². The van der Waals surface area contributed by atoms with E-state index in [1.54, 1.807) is 0 Å². The summed E-state index contributed by atoms with van der Waals surface area (Å²) in [6.07, 6.45) is 4.53. The smallest absolute Gasteiger partial charge is 0.250 e. The number of carbonyl (C=O) groups is 2. The molecule has 38 heavy (non-hydrogen) atoms. The number of anilines is 2. The van der Waals surface area contributed by atoms with Gasteiger partial charge in [-0.15, -0.1) is 0 Å². The predicted molar refractivity (Wildman–Crippen MR) is 151 cm³/mol. The van der Waals surface area contributed by atoms with Crippen LogP contribution in [0.15, 0.2) is 84.9 Å². The van der Waals surface area contributed by atoms with Crippen molar-refractivity contribution in [3.63, 3.8) is 0 Å². The first-order valence-electron chi connectivity index (χ1n) is 13.8. The van der Waals surface area contributed by atoms with Gasteiger partial charge in [0.1, 0.15) is 5.54 Å². The summed E-state index contributed by atoms with van der Waals surface area (Å²) in [5.74, 6) is -0.103. The van der Waals surface area contributed by atoms with Crippen molar-refractivity contribution >= 4 is 23.2 Å². The van der Waals surface area contributed by atoms with Crippen molar-refractivity contribution in [1.29, 1.82) is 0 Å². The number of carbonyl (C=O) groups excluding carboxylic acids is 2. The molecule has 0 aromatic heterocycles. The number of hydrogen-bond acceptors (Lipinski definition) is 4. The fourth-order valence-corrected chi connectivity index (χ4v) is 5.69. The highest BCUT2D eigenvalue weighted by Gasteiger charge is 2.46. The largest absolute Gasteiger partial charge is 0.378 e. The van der Waals surface area contributed by atoms with Crippen molar-refractivity contribution < 1.29 is 14.3 Å². The third-order valence-electron chi connectivity index (χ3n) is 7.80. The summed E-state index contributed by atoms with van der Waals surface area (Å²) < 4.78 is 5.47. The first-order valence-corrected chi connectivity index (χ1v) is 13.8. The van der Waals surface area contributed by atoms with Crippen LogP contribution in [0.4, 0.5) is 11.4 Å². The zero-order valence-electron chi connectivity index (χ0n) is 22.0. The molecule has 1 aliphatic carbocycles. The standard InChI is InChI=1S/C32H37N3O3/c36-30(24-26-10-4-1-5-11-26)35(25-27-12-6-2-7-13-27)32(18-8-3-9-19-32)31(37)33-28-14-16-29(17-15-28)34-20-22-38-23-21-34/h1-2,4-7,10-17H,3,8-9,18-25H2,(H,33,37). The Morgan fingerprint density at radius 1 is 0.789 bits per heavy atom. The van der Waals surface area contributed by atoms with Crippen molar-refractivity contribution in [3.05, 3.63) is 96.1 Å². The van der Waals surface area contributed by atoms with Crippen LogP contribution in [-0.4, -0.2) is 48.6 Å². The second-order valence-corrected chi connectivity index (χ2v) is 10.3. The van der Waals surface area contributed by atoms with Crippen LogP contribution in [0.3, 0.4) is 0 Å². The Balaban J connectivity index is 1.41. The first-order chi connectivity index (χ1) is 18.6. The van der Waals surface area contributed by atoms with E-state index in [0.29, 0.717) is 19.4 Å². The molecule has 1 saturated heterocycles. The van der Waals surface area contributed by atoms with E-state index in [-0.39, 0.29) is 18.2 Å². The first kappa shape index (κ1) is 26.0. The normalized spacial score (nSPS) is 17.0. The van der Waals surface area contributed by atoms with Gasteiger partial charge in [-0.25, -0.2) is 0 Å². The molecule has 3 aromatic rings. The fraction of sp³-hybridized carbons (Fsp3) is 0.375. The maximum absolute atomic E-state index is 14.1. The summed E-state index contributed by atoms with van der Waals surface area (Å²) >= 11 is 0.